The van der Waals surface area contributed by atoms with Crippen LogP contribution in [-0.2, 0) is 9.53 Å². The van der Waals surface area contributed by atoms with E-state index in [1.807, 2.05) is 6.92 Å². The van der Waals surface area contributed by atoms with Crippen molar-refractivity contribution in [3.05, 3.63) is 0 Å². The molecule has 0 atom stereocenters. The zero-order valence-corrected chi connectivity index (χ0v) is 11.2. The van der Waals surface area contributed by atoms with Gasteiger partial charge in [-0.05, 0) is 26.3 Å². The lowest BCUT2D eigenvalue weighted by Crippen LogP contribution is -2.03. The molecule has 0 fully saturated rings. The molecule has 5 heteroatoms. The summed E-state index contributed by atoms with van der Waals surface area (Å²) >= 11 is 0. The largest absolute Gasteiger partial charge is 0.466 e. The third-order valence-electron chi connectivity index (χ3n) is 1.64. The Morgan fingerprint density at radius 1 is 1.21 bits per heavy atom. The van der Waals surface area contributed by atoms with Gasteiger partial charge in [0.05, 0.1) is 6.61 Å². The zero-order valence-electron chi connectivity index (χ0n) is 8.66. The number of carbonyl (C=O) groups excluding carboxylic acids is 1. The van der Waals surface area contributed by atoms with Crippen LogP contribution in [0, 0.1) is 0 Å². The number of halogens is 2. The van der Waals surface area contributed by atoms with Crippen LogP contribution in [0.4, 0.5) is 0 Å². The van der Waals surface area contributed by atoms with Gasteiger partial charge in [-0.1, -0.05) is 12.8 Å². The second-order valence-corrected chi connectivity index (χ2v) is 2.76. The highest BCUT2D eigenvalue weighted by molar-refractivity contribution is 8.93. The van der Waals surface area contributed by atoms with E-state index >= 15 is 0 Å². The summed E-state index contributed by atoms with van der Waals surface area (Å²) in [7, 11) is 0. The number of carbonyl (C=O) groups is 1. The molecule has 0 aromatic rings. The lowest BCUT2D eigenvalue weighted by Gasteiger charge is -2.00. The Hall–Kier alpha value is 0.200. The van der Waals surface area contributed by atoms with Gasteiger partial charge in [0.25, 0.3) is 0 Å². The second-order valence-electron chi connectivity index (χ2n) is 2.76. The first-order valence-electron chi connectivity index (χ1n) is 4.67. The van der Waals surface area contributed by atoms with Gasteiger partial charge in [0, 0.05) is 6.42 Å². The van der Waals surface area contributed by atoms with E-state index in [1.54, 1.807) is 0 Å². The Balaban J connectivity index is -0.000000605. The standard InChI is InChI=1S/C9H19NO2.BrH.ClH/c1-2-12-9(11)7-5-3-4-6-8-10;;/h2-8,10H2,1H3;2*1H. The summed E-state index contributed by atoms with van der Waals surface area (Å²) in [5.41, 5.74) is 5.33. The number of hydrogen-bond acceptors (Lipinski definition) is 3. The SMILES string of the molecule is Br.CCOC(=O)CCCCCCN.Cl. The summed E-state index contributed by atoms with van der Waals surface area (Å²) < 4.78 is 4.78. The first-order valence-corrected chi connectivity index (χ1v) is 4.67. The van der Waals surface area contributed by atoms with Gasteiger partial charge >= 0.3 is 5.97 Å². The molecule has 14 heavy (non-hydrogen) atoms. The second kappa shape index (κ2) is 15.7. The van der Waals surface area contributed by atoms with Gasteiger partial charge in [-0.2, -0.15) is 0 Å². The number of rotatable bonds is 7. The van der Waals surface area contributed by atoms with Crippen LogP contribution in [0.5, 0.6) is 0 Å². The van der Waals surface area contributed by atoms with Crippen LogP contribution >= 0.6 is 29.4 Å². The van der Waals surface area contributed by atoms with E-state index in [2.05, 4.69) is 0 Å². The average molecular weight is 291 g/mol. The molecule has 3 nitrogen and oxygen atoms in total. The van der Waals surface area contributed by atoms with Crippen molar-refractivity contribution in [1.82, 2.24) is 0 Å². The average Bonchev–Trinajstić information content (AvgIpc) is 2.05. The van der Waals surface area contributed by atoms with Gasteiger partial charge in [0.2, 0.25) is 0 Å². The van der Waals surface area contributed by atoms with Crippen molar-refractivity contribution in [3.8, 4) is 0 Å². The topological polar surface area (TPSA) is 52.3 Å². The van der Waals surface area contributed by atoms with Crippen molar-refractivity contribution in [2.24, 2.45) is 5.73 Å². The molecular weight excluding hydrogens is 269 g/mol. The Kier molecular flexibility index (Phi) is 22.1. The van der Waals surface area contributed by atoms with E-state index in [0.717, 1.165) is 32.2 Å². The van der Waals surface area contributed by atoms with Gasteiger partial charge in [0.1, 0.15) is 0 Å². The van der Waals surface area contributed by atoms with E-state index in [9.17, 15) is 4.79 Å². The minimum Gasteiger partial charge on any atom is -0.466 e. The lowest BCUT2D eigenvalue weighted by atomic mass is 10.1. The van der Waals surface area contributed by atoms with Crippen LogP contribution in [0.15, 0.2) is 0 Å². The molecule has 0 rings (SSSR count). The lowest BCUT2D eigenvalue weighted by molar-refractivity contribution is -0.143. The Bertz CT molecular complexity index is 125. The Labute approximate surface area is 103 Å². The Morgan fingerprint density at radius 3 is 2.29 bits per heavy atom. The van der Waals surface area contributed by atoms with Crippen LogP contribution in [0.1, 0.15) is 39.0 Å². The van der Waals surface area contributed by atoms with E-state index in [4.69, 9.17) is 10.5 Å². The van der Waals surface area contributed by atoms with Gasteiger partial charge in [0.15, 0.2) is 0 Å². The maximum absolute atomic E-state index is 10.8. The molecule has 0 aliphatic heterocycles. The maximum atomic E-state index is 10.8. The monoisotopic (exact) mass is 289 g/mol. The fraction of sp³-hybridized carbons (Fsp3) is 0.889. The fourth-order valence-corrected chi connectivity index (χ4v) is 1.00. The minimum absolute atomic E-state index is 0. The van der Waals surface area contributed by atoms with Crippen LogP contribution in [0.25, 0.3) is 0 Å². The molecule has 2 N–H and O–H groups in total. The molecule has 0 bridgehead atoms. The zero-order chi connectivity index (χ0) is 9.23. The predicted octanol–water partition coefficient (Wildman–Crippen LogP) is 2.46. The number of ether oxygens (including phenoxy) is 1. The number of esters is 1. The van der Waals surface area contributed by atoms with Crippen molar-refractivity contribution in [1.29, 1.82) is 0 Å². The molecule has 88 valence electrons. The maximum Gasteiger partial charge on any atom is 0.305 e. The van der Waals surface area contributed by atoms with Crippen LogP contribution in [0.2, 0.25) is 0 Å². The number of unbranched alkanes of at least 4 members (excludes halogenated alkanes) is 3. The molecule has 0 heterocycles. The molecular formula is C9H21BrClNO2. The van der Waals surface area contributed by atoms with Crippen LogP contribution in [-0.4, -0.2) is 19.1 Å². The molecule has 0 amide bonds. The summed E-state index contributed by atoms with van der Waals surface area (Å²) in [5.74, 6) is -0.0785. The van der Waals surface area contributed by atoms with E-state index in [1.165, 1.54) is 0 Å². The van der Waals surface area contributed by atoms with E-state index in [-0.39, 0.29) is 35.4 Å². The molecule has 0 aromatic heterocycles. The number of nitrogens with two attached hydrogens (primary N) is 1. The summed E-state index contributed by atoms with van der Waals surface area (Å²) in [6.07, 6.45) is 4.74. The molecule has 0 unspecified atom stereocenters. The third kappa shape index (κ3) is 14.7. The molecule has 0 aromatic carbocycles. The molecule has 0 saturated carbocycles. The summed E-state index contributed by atoms with van der Waals surface area (Å²) in [4.78, 5) is 10.8. The summed E-state index contributed by atoms with van der Waals surface area (Å²) in [6, 6.07) is 0. The minimum atomic E-state index is -0.0785. The predicted molar refractivity (Wildman–Crippen MR) is 66.3 cm³/mol. The van der Waals surface area contributed by atoms with Gasteiger partial charge in [-0.15, -0.1) is 29.4 Å². The van der Waals surface area contributed by atoms with Gasteiger partial charge in [-0.25, -0.2) is 0 Å². The molecule has 0 spiro atoms. The van der Waals surface area contributed by atoms with Crippen molar-refractivity contribution < 1.29 is 9.53 Å². The van der Waals surface area contributed by atoms with Crippen LogP contribution in [0.3, 0.4) is 0 Å². The van der Waals surface area contributed by atoms with Crippen molar-refractivity contribution in [3.63, 3.8) is 0 Å². The molecule has 0 saturated heterocycles. The molecule has 0 aliphatic rings. The highest BCUT2D eigenvalue weighted by Gasteiger charge is 1.99. The highest BCUT2D eigenvalue weighted by Crippen LogP contribution is 2.02. The van der Waals surface area contributed by atoms with Crippen LogP contribution < -0.4 is 5.73 Å². The summed E-state index contributed by atoms with van der Waals surface area (Å²) in [5, 5.41) is 0. The summed E-state index contributed by atoms with van der Waals surface area (Å²) in [6.45, 7) is 3.06. The van der Waals surface area contributed by atoms with Gasteiger partial charge < -0.3 is 10.5 Å². The molecule has 0 aliphatic carbocycles. The normalized spacial score (nSPS) is 8.43. The molecule has 0 radical (unpaired) electrons. The quantitative estimate of drug-likeness (QED) is 0.579. The fourth-order valence-electron chi connectivity index (χ4n) is 1.00. The van der Waals surface area contributed by atoms with Gasteiger partial charge in [-0.3, -0.25) is 4.79 Å². The third-order valence-corrected chi connectivity index (χ3v) is 1.64. The van der Waals surface area contributed by atoms with Crippen molar-refractivity contribution in [2.45, 2.75) is 39.0 Å². The highest BCUT2D eigenvalue weighted by atomic mass is 79.9. The van der Waals surface area contributed by atoms with E-state index < -0.39 is 0 Å². The Morgan fingerprint density at radius 2 is 1.79 bits per heavy atom. The van der Waals surface area contributed by atoms with Crippen molar-refractivity contribution >= 4 is 35.4 Å². The first kappa shape index (κ1) is 19.7. The smallest absolute Gasteiger partial charge is 0.305 e. The number of hydrogen-bond donors (Lipinski definition) is 1. The van der Waals surface area contributed by atoms with Crippen molar-refractivity contribution in [2.75, 3.05) is 13.2 Å². The first-order chi connectivity index (χ1) is 5.81. The van der Waals surface area contributed by atoms with E-state index in [0.29, 0.717) is 13.0 Å².